The van der Waals surface area contributed by atoms with Crippen molar-refractivity contribution in [2.45, 2.75) is 328 Å². The molecular formula is C124H143F8N5O6. The van der Waals surface area contributed by atoms with Gasteiger partial charge in [-0.2, -0.15) is 26.3 Å². The molecule has 143 heavy (non-hydrogen) atoms. The molecule has 0 heterocycles. The summed E-state index contributed by atoms with van der Waals surface area (Å²) in [5.74, 6) is 3.23. The van der Waals surface area contributed by atoms with E-state index in [0.717, 1.165) is 177 Å². The van der Waals surface area contributed by atoms with Gasteiger partial charge in [0.25, 0.3) is 0 Å². The van der Waals surface area contributed by atoms with E-state index in [1.807, 2.05) is 30.3 Å². The van der Waals surface area contributed by atoms with Crippen molar-refractivity contribution in [2.24, 2.45) is 47.3 Å². The molecular weight excluding hydrogens is 1810 g/mol. The number of phenols is 6. The monoisotopic (exact) mass is 1950 g/mol. The Morgan fingerprint density at radius 1 is 0.245 bits per heavy atom. The molecule has 19 heteroatoms. The van der Waals surface area contributed by atoms with E-state index in [-0.39, 0.29) is 79.4 Å². The highest BCUT2D eigenvalue weighted by molar-refractivity contribution is 5.72. The smallest absolute Gasteiger partial charge is 0.145 e. The number of halogens is 8. The van der Waals surface area contributed by atoms with E-state index in [1.54, 1.807) is 79.7 Å². The zero-order valence-corrected chi connectivity index (χ0v) is 84.4. The Morgan fingerprint density at radius 3 is 0.881 bits per heavy atom. The maximum absolute atomic E-state index is 14.7. The van der Waals surface area contributed by atoms with Gasteiger partial charge in [-0.1, -0.05) is 198 Å². The SMILES string of the molecule is CC1CCC(c2cc(O)c(C#N)c(F)c2)CC1.CCCC1CCC(C2CCC(c3cc(O)c(C#N)c(F)c3)CC2)CC1.CCCC1CCC(c2cc(F)c(-c3ccc(C)c(O)c3)c(F)c2)CC1.CCCC1CCC(c2ccc(-c3cc(O)c(C#N)c(F)c3)c(F)c2)CC1.CCCC1CCC(c2ccc(-c3cc(O)c(C#N)c(F)c3)cc2)CC1.CCCC1CCC(c2ccc(-c3ccc(C#N)c(O)c3)c(F)c2)CC1. The molecule has 11 nitrogen and oxygen atoms in total. The maximum Gasteiger partial charge on any atom is 0.145 e. The first kappa shape index (κ1) is 110. The van der Waals surface area contributed by atoms with Crippen LogP contribution in [0.15, 0.2) is 158 Å². The third-order valence-corrected chi connectivity index (χ3v) is 32.3. The molecule has 0 radical (unpaired) electrons. The summed E-state index contributed by atoms with van der Waals surface area (Å²) >= 11 is 0. The molecule has 0 bridgehead atoms. The Labute approximate surface area is 842 Å². The molecule has 0 aliphatic heterocycles. The Hall–Kier alpha value is -12.1. The second kappa shape index (κ2) is 53.5. The number of nitrogens with zero attached hydrogens (tertiary/aromatic N) is 5. The molecule has 0 atom stereocenters. The summed E-state index contributed by atoms with van der Waals surface area (Å²) in [6.07, 6.45) is 46.1. The van der Waals surface area contributed by atoms with Crippen molar-refractivity contribution in [3.63, 3.8) is 0 Å². The van der Waals surface area contributed by atoms with Crippen LogP contribution in [0.2, 0.25) is 0 Å². The number of phenolic OH excluding ortho intramolecular Hbond substituents is 6. The lowest BCUT2D eigenvalue weighted by Crippen LogP contribution is -2.25. The van der Waals surface area contributed by atoms with Gasteiger partial charge in [0.2, 0.25) is 0 Å². The van der Waals surface area contributed by atoms with Crippen molar-refractivity contribution in [1.29, 1.82) is 26.3 Å². The minimum absolute atomic E-state index is 0.0506. The minimum Gasteiger partial charge on any atom is -0.508 e. The van der Waals surface area contributed by atoms with Crippen LogP contribution in [0.1, 0.15) is 388 Å². The lowest BCUT2D eigenvalue weighted by Gasteiger charge is -2.38. The fourth-order valence-electron chi connectivity index (χ4n) is 23.9. The van der Waals surface area contributed by atoms with Crippen LogP contribution in [0.3, 0.4) is 0 Å². The Morgan fingerprint density at radius 2 is 0.524 bits per heavy atom. The van der Waals surface area contributed by atoms with E-state index in [0.29, 0.717) is 57.4 Å². The van der Waals surface area contributed by atoms with Gasteiger partial charge in [0.05, 0.1) is 11.1 Å². The van der Waals surface area contributed by atoms with Crippen molar-refractivity contribution in [3.8, 4) is 109 Å². The van der Waals surface area contributed by atoms with E-state index in [4.69, 9.17) is 26.3 Å². The molecule has 7 aliphatic rings. The summed E-state index contributed by atoms with van der Waals surface area (Å²) in [5.41, 5.74) is 8.80. The van der Waals surface area contributed by atoms with E-state index in [2.05, 4.69) is 53.7 Å². The largest absolute Gasteiger partial charge is 0.508 e. The molecule has 17 rings (SSSR count). The molecule has 7 aliphatic carbocycles. The number of rotatable bonds is 21. The predicted molar refractivity (Wildman–Crippen MR) is 552 cm³/mol. The third kappa shape index (κ3) is 29.4. The first-order valence-corrected chi connectivity index (χ1v) is 52.9. The van der Waals surface area contributed by atoms with Crippen LogP contribution in [0.4, 0.5) is 35.1 Å². The number of hydrogen-bond acceptors (Lipinski definition) is 11. The molecule has 0 saturated heterocycles. The van der Waals surface area contributed by atoms with Crippen molar-refractivity contribution in [3.05, 3.63) is 271 Å². The standard InChI is InChI=1S/C22H23F2NO.C22H26F2O.C22H30FNO.2C22H24FNO.C14H16FNO/c1-2-3-14-4-6-15(7-5-14)16-8-9-18(20(23)10-16)17-11-21(24)19(13-25)22(26)12-17;1-3-4-15-6-9-16(10-7-15)18-11-19(23)22(20(24)12-18)17-8-5-14(2)21(25)13-17;2*1-2-3-15-4-6-16(7-5-15)17-8-10-18(11-9-17)19-12-21(23)20(14-24)22(25)13-19;1-2-3-15-4-6-16(7-5-15)17-10-11-20(21(23)12-17)18-8-9-19(14-24)22(25)13-18;1-9-2-4-10(5-3-9)11-6-13(15)12(8-16)14(17)7-11/h8-12,14-15,26H,2-7H2,1H3;5,8,11-13,15-16,25H,3-4,6-7,9-10H2,1-2H3;12-13,15-18,25H,2-11H2,1H3;2*8-13,15-16,25H,2-7H2,1H3;6-7,9-10,17H,2-5H2,1H3. The molecule has 0 amide bonds. The van der Waals surface area contributed by atoms with Crippen LogP contribution in [-0.4, -0.2) is 30.6 Å². The lowest BCUT2D eigenvalue weighted by molar-refractivity contribution is 0.156. The average molecular weight is 1950 g/mol. The summed E-state index contributed by atoms with van der Waals surface area (Å²) < 4.78 is 114. The first-order valence-electron chi connectivity index (χ1n) is 52.9. The van der Waals surface area contributed by atoms with Crippen molar-refractivity contribution >= 4 is 0 Å². The summed E-state index contributed by atoms with van der Waals surface area (Å²) in [6.45, 7) is 15.2. The molecule has 10 aromatic carbocycles. The van der Waals surface area contributed by atoms with Gasteiger partial charge in [0.1, 0.15) is 134 Å². The normalized spacial score (nSPS) is 22.4. The Kier molecular flexibility index (Phi) is 41.0. The zero-order valence-electron chi connectivity index (χ0n) is 84.4. The number of hydrogen-bond donors (Lipinski definition) is 6. The van der Waals surface area contributed by atoms with Crippen LogP contribution < -0.4 is 0 Å². The summed E-state index contributed by atoms with van der Waals surface area (Å²) in [5, 5.41) is 103. The van der Waals surface area contributed by atoms with Crippen molar-refractivity contribution in [2.75, 3.05) is 0 Å². The van der Waals surface area contributed by atoms with Gasteiger partial charge in [0, 0.05) is 11.1 Å². The molecule has 0 aromatic heterocycles. The average Bonchev–Trinajstić information content (AvgIpc) is 0.797. The fraction of sp³-hybridized carbons (Fsp3) is 0.476. The Balaban J connectivity index is 0.000000154. The van der Waals surface area contributed by atoms with Gasteiger partial charge >= 0.3 is 0 Å². The summed E-state index contributed by atoms with van der Waals surface area (Å²) in [7, 11) is 0. The van der Waals surface area contributed by atoms with Crippen LogP contribution >= 0.6 is 0 Å². The van der Waals surface area contributed by atoms with Gasteiger partial charge in [-0.05, 0) is 402 Å². The first-order chi connectivity index (χ1) is 69.0. The van der Waals surface area contributed by atoms with E-state index in [9.17, 15) is 65.8 Å². The van der Waals surface area contributed by atoms with Crippen molar-refractivity contribution < 1.29 is 65.8 Å². The quantitative estimate of drug-likeness (QED) is 0.0370. The van der Waals surface area contributed by atoms with E-state index >= 15 is 0 Å². The molecule has 6 N–H and O–H groups in total. The highest BCUT2D eigenvalue weighted by Crippen LogP contribution is 2.50. The van der Waals surface area contributed by atoms with Gasteiger partial charge in [-0.3, -0.25) is 0 Å². The molecule has 7 fully saturated rings. The van der Waals surface area contributed by atoms with Gasteiger partial charge < -0.3 is 30.6 Å². The molecule has 0 spiro atoms. The van der Waals surface area contributed by atoms with Gasteiger partial charge in [-0.15, -0.1) is 0 Å². The Bertz CT molecular complexity index is 5990. The number of nitriles is 5. The molecule has 10 aromatic rings. The van der Waals surface area contributed by atoms with E-state index < -0.39 is 52.0 Å². The van der Waals surface area contributed by atoms with Gasteiger partial charge in [-0.25, -0.2) is 35.1 Å². The third-order valence-electron chi connectivity index (χ3n) is 32.3. The minimum atomic E-state index is -0.847. The van der Waals surface area contributed by atoms with Crippen LogP contribution in [0.25, 0.3) is 44.5 Å². The number of benzene rings is 10. The number of aromatic hydroxyl groups is 6. The molecule has 7 saturated carbocycles. The second-order valence-electron chi connectivity index (χ2n) is 41.9. The zero-order chi connectivity index (χ0) is 103. The topological polar surface area (TPSA) is 240 Å². The molecule has 0 unspecified atom stereocenters. The highest BCUT2D eigenvalue weighted by atomic mass is 19.2. The lowest BCUT2D eigenvalue weighted by atomic mass is 9.68. The molecule has 756 valence electrons. The maximum atomic E-state index is 14.7. The summed E-state index contributed by atoms with van der Waals surface area (Å²) in [6, 6.07) is 50.8. The van der Waals surface area contributed by atoms with Crippen LogP contribution in [0, 0.1) is 157 Å². The highest BCUT2D eigenvalue weighted by Gasteiger charge is 2.35. The summed E-state index contributed by atoms with van der Waals surface area (Å²) in [4.78, 5) is 0. The number of aryl methyl sites for hydroxylation is 1. The van der Waals surface area contributed by atoms with Crippen LogP contribution in [-0.2, 0) is 0 Å². The van der Waals surface area contributed by atoms with Crippen LogP contribution in [0.5, 0.6) is 34.5 Å². The van der Waals surface area contributed by atoms with E-state index in [1.165, 1.54) is 226 Å². The van der Waals surface area contributed by atoms with Gasteiger partial charge in [0.15, 0.2) is 0 Å². The van der Waals surface area contributed by atoms with Crippen molar-refractivity contribution in [1.82, 2.24) is 0 Å². The second-order valence-corrected chi connectivity index (χ2v) is 41.9. The predicted octanol–water partition coefficient (Wildman–Crippen LogP) is 35.3. The fourth-order valence-corrected chi connectivity index (χ4v) is 23.9.